The molecule has 4 unspecified atom stereocenters. The number of aryl methyl sites for hydroxylation is 1. The lowest BCUT2D eigenvalue weighted by molar-refractivity contribution is -0.385. The number of hydrogen-bond donors (Lipinski definition) is 1. The highest BCUT2D eigenvalue weighted by Crippen LogP contribution is 2.41. The first-order valence-electron chi connectivity index (χ1n) is 8.37. The Morgan fingerprint density at radius 2 is 2.18 bits per heavy atom. The summed E-state index contributed by atoms with van der Waals surface area (Å²) in [7, 11) is 0. The maximum Gasteiger partial charge on any atom is 0.269 e. The summed E-state index contributed by atoms with van der Waals surface area (Å²) < 4.78 is 5.79. The number of nitrogens with one attached hydrogen (secondary N) is 1. The third-order valence-corrected chi connectivity index (χ3v) is 5.56. The minimum Gasteiger partial charge on any atom is -0.378 e. The first-order chi connectivity index (χ1) is 10.7. The Bertz CT molecular complexity index is 589. The highest BCUT2D eigenvalue weighted by Gasteiger charge is 2.44. The Labute approximate surface area is 130 Å². The van der Waals surface area contributed by atoms with Crippen LogP contribution in [0.25, 0.3) is 0 Å². The molecule has 0 radical (unpaired) electrons. The molecule has 0 amide bonds. The summed E-state index contributed by atoms with van der Waals surface area (Å²) in [6.45, 7) is 0.909. The van der Waals surface area contributed by atoms with Crippen molar-refractivity contribution in [3.8, 4) is 0 Å². The van der Waals surface area contributed by atoms with E-state index in [4.69, 9.17) is 4.74 Å². The van der Waals surface area contributed by atoms with Crippen molar-refractivity contribution >= 4 is 5.69 Å². The Morgan fingerprint density at radius 1 is 1.27 bits per heavy atom. The number of nitro groups is 1. The van der Waals surface area contributed by atoms with E-state index in [1.54, 1.807) is 12.1 Å². The zero-order valence-electron chi connectivity index (χ0n) is 12.7. The van der Waals surface area contributed by atoms with Crippen LogP contribution in [0.2, 0.25) is 0 Å². The molecule has 1 saturated carbocycles. The van der Waals surface area contributed by atoms with Gasteiger partial charge in [0.1, 0.15) is 0 Å². The van der Waals surface area contributed by atoms with Crippen molar-refractivity contribution in [2.24, 2.45) is 5.92 Å². The van der Waals surface area contributed by atoms with E-state index in [9.17, 15) is 10.1 Å². The minimum atomic E-state index is -0.291. The molecule has 5 heteroatoms. The van der Waals surface area contributed by atoms with Gasteiger partial charge in [-0.1, -0.05) is 6.07 Å². The monoisotopic (exact) mass is 302 g/mol. The van der Waals surface area contributed by atoms with E-state index in [0.29, 0.717) is 18.1 Å². The van der Waals surface area contributed by atoms with Crippen LogP contribution in [-0.2, 0) is 11.2 Å². The van der Waals surface area contributed by atoms with Crippen molar-refractivity contribution in [3.05, 3.63) is 39.4 Å². The molecule has 2 aliphatic carbocycles. The van der Waals surface area contributed by atoms with E-state index in [1.165, 1.54) is 12.0 Å². The molecule has 4 atom stereocenters. The topological polar surface area (TPSA) is 64.4 Å². The number of fused-ring (bicyclic) bond motifs is 2. The molecule has 0 spiro atoms. The first kappa shape index (κ1) is 14.2. The molecule has 1 saturated heterocycles. The standard InChI is InChI=1S/C17H22N2O3/c20-19(21)12-7-6-11-3-1-5-15(14(11)9-12)18-16-10-17-13(16)4-2-8-22-17/h6-7,9,13,15-18H,1-5,8,10H2. The van der Waals surface area contributed by atoms with Gasteiger partial charge in [0.15, 0.2) is 0 Å². The molecular weight excluding hydrogens is 280 g/mol. The average molecular weight is 302 g/mol. The van der Waals surface area contributed by atoms with Crippen LogP contribution in [0.3, 0.4) is 0 Å². The molecular formula is C17H22N2O3. The summed E-state index contributed by atoms with van der Waals surface area (Å²) >= 11 is 0. The van der Waals surface area contributed by atoms with Crippen molar-refractivity contribution in [2.45, 2.75) is 56.7 Å². The largest absolute Gasteiger partial charge is 0.378 e. The number of ether oxygens (including phenoxy) is 1. The van der Waals surface area contributed by atoms with E-state index in [0.717, 1.165) is 44.3 Å². The molecule has 1 N–H and O–H groups in total. The summed E-state index contributed by atoms with van der Waals surface area (Å²) in [6, 6.07) is 6.13. The van der Waals surface area contributed by atoms with Crippen LogP contribution >= 0.6 is 0 Å². The van der Waals surface area contributed by atoms with Crippen LogP contribution < -0.4 is 5.32 Å². The Kier molecular flexibility index (Phi) is 3.62. The fourth-order valence-electron chi connectivity index (χ4n) is 4.32. The van der Waals surface area contributed by atoms with Gasteiger partial charge in [-0.3, -0.25) is 10.1 Å². The van der Waals surface area contributed by atoms with Gasteiger partial charge in [0.05, 0.1) is 11.0 Å². The lowest BCUT2D eigenvalue weighted by Gasteiger charge is -2.49. The fraction of sp³-hybridized carbons (Fsp3) is 0.647. The van der Waals surface area contributed by atoms with Crippen LogP contribution in [0.1, 0.15) is 49.3 Å². The van der Waals surface area contributed by atoms with Crippen LogP contribution in [-0.4, -0.2) is 23.7 Å². The lowest BCUT2D eigenvalue weighted by Crippen LogP contribution is -2.57. The van der Waals surface area contributed by atoms with Crippen molar-refractivity contribution in [1.29, 1.82) is 0 Å². The van der Waals surface area contributed by atoms with Crippen molar-refractivity contribution in [1.82, 2.24) is 5.32 Å². The quantitative estimate of drug-likeness (QED) is 0.688. The maximum absolute atomic E-state index is 11.0. The predicted octanol–water partition coefficient (Wildman–Crippen LogP) is 3.13. The van der Waals surface area contributed by atoms with E-state index < -0.39 is 0 Å². The molecule has 0 bridgehead atoms. The third-order valence-electron chi connectivity index (χ3n) is 5.56. The van der Waals surface area contributed by atoms with Gasteiger partial charge in [-0.15, -0.1) is 0 Å². The highest BCUT2D eigenvalue weighted by molar-refractivity contribution is 5.42. The van der Waals surface area contributed by atoms with Crippen LogP contribution in [0.5, 0.6) is 0 Å². The minimum absolute atomic E-state index is 0.208. The van der Waals surface area contributed by atoms with Crippen LogP contribution in [0.4, 0.5) is 5.69 Å². The van der Waals surface area contributed by atoms with Gasteiger partial charge in [0.2, 0.25) is 0 Å². The normalized spacial score (nSPS) is 33.5. The molecule has 0 aromatic heterocycles. The zero-order chi connectivity index (χ0) is 15.1. The molecule has 4 rings (SSSR count). The van der Waals surface area contributed by atoms with Gasteiger partial charge in [0.25, 0.3) is 5.69 Å². The Hall–Kier alpha value is -1.46. The van der Waals surface area contributed by atoms with E-state index in [2.05, 4.69) is 5.32 Å². The van der Waals surface area contributed by atoms with Gasteiger partial charge < -0.3 is 10.1 Å². The predicted molar refractivity (Wildman–Crippen MR) is 82.8 cm³/mol. The van der Waals surface area contributed by atoms with E-state index in [1.807, 2.05) is 6.07 Å². The zero-order valence-corrected chi connectivity index (χ0v) is 12.7. The molecule has 1 aromatic carbocycles. The van der Waals surface area contributed by atoms with Gasteiger partial charge in [-0.05, 0) is 49.7 Å². The number of nitrogens with zero attached hydrogens (tertiary/aromatic N) is 1. The smallest absolute Gasteiger partial charge is 0.269 e. The van der Waals surface area contributed by atoms with Gasteiger partial charge in [0, 0.05) is 36.7 Å². The highest BCUT2D eigenvalue weighted by atomic mass is 16.6. The molecule has 1 aromatic rings. The fourth-order valence-corrected chi connectivity index (χ4v) is 4.32. The summed E-state index contributed by atoms with van der Waals surface area (Å²) in [6.07, 6.45) is 7.20. The summed E-state index contributed by atoms with van der Waals surface area (Å²) in [5.74, 6) is 0.637. The van der Waals surface area contributed by atoms with Crippen LogP contribution in [0, 0.1) is 16.0 Å². The summed E-state index contributed by atoms with van der Waals surface area (Å²) in [4.78, 5) is 10.7. The molecule has 1 aliphatic heterocycles. The lowest BCUT2D eigenvalue weighted by atomic mass is 9.71. The summed E-state index contributed by atoms with van der Waals surface area (Å²) in [5, 5.41) is 14.8. The van der Waals surface area contributed by atoms with Crippen molar-refractivity contribution in [3.63, 3.8) is 0 Å². The second kappa shape index (κ2) is 5.63. The molecule has 118 valence electrons. The molecule has 2 fully saturated rings. The number of rotatable bonds is 3. The first-order valence-corrected chi connectivity index (χ1v) is 8.37. The molecule has 1 heterocycles. The van der Waals surface area contributed by atoms with Crippen LogP contribution in [0.15, 0.2) is 18.2 Å². The maximum atomic E-state index is 11.0. The Morgan fingerprint density at radius 3 is 3.00 bits per heavy atom. The molecule has 22 heavy (non-hydrogen) atoms. The van der Waals surface area contributed by atoms with Gasteiger partial charge >= 0.3 is 0 Å². The number of nitro benzene ring substituents is 1. The van der Waals surface area contributed by atoms with E-state index in [-0.39, 0.29) is 16.7 Å². The van der Waals surface area contributed by atoms with E-state index >= 15 is 0 Å². The number of benzene rings is 1. The second-order valence-corrected chi connectivity index (χ2v) is 6.81. The SMILES string of the molecule is O=[N+]([O-])c1ccc2c(c1)C(NC1CC3OCCCC13)CCC2. The van der Waals surface area contributed by atoms with Gasteiger partial charge in [-0.2, -0.15) is 0 Å². The molecule has 3 aliphatic rings. The average Bonchev–Trinajstić information content (AvgIpc) is 2.52. The van der Waals surface area contributed by atoms with Crippen molar-refractivity contribution in [2.75, 3.05) is 6.61 Å². The van der Waals surface area contributed by atoms with Crippen molar-refractivity contribution < 1.29 is 9.66 Å². The van der Waals surface area contributed by atoms with Gasteiger partial charge in [-0.25, -0.2) is 0 Å². The summed E-state index contributed by atoms with van der Waals surface area (Å²) in [5.41, 5.74) is 2.62. The second-order valence-electron chi connectivity index (χ2n) is 6.81. The molecule has 5 nitrogen and oxygen atoms in total. The number of non-ortho nitro benzene ring substituents is 1. The third kappa shape index (κ3) is 2.42. The Balaban J connectivity index is 1.52. The number of hydrogen-bond acceptors (Lipinski definition) is 4.